The second-order valence-electron chi connectivity index (χ2n) is 6.69. The lowest BCUT2D eigenvalue weighted by molar-refractivity contribution is 0.0174. The van der Waals surface area contributed by atoms with Gasteiger partial charge in [0.05, 0.1) is 12.2 Å². The number of rotatable bonds is 3. The lowest BCUT2D eigenvalue weighted by atomic mass is 9.88. The van der Waals surface area contributed by atoms with Crippen molar-refractivity contribution in [1.82, 2.24) is 15.2 Å². The molecule has 19 heavy (non-hydrogen) atoms. The largest absolute Gasteiger partial charge is 0.309 e. The maximum absolute atomic E-state index is 4.71. The van der Waals surface area contributed by atoms with Crippen LogP contribution in [0.1, 0.15) is 49.7 Å². The molecule has 1 atom stereocenters. The van der Waals surface area contributed by atoms with Crippen LogP contribution in [0.5, 0.6) is 0 Å². The summed E-state index contributed by atoms with van der Waals surface area (Å²) in [5, 5.41) is 4.93. The van der Waals surface area contributed by atoms with Gasteiger partial charge < -0.3 is 5.32 Å². The van der Waals surface area contributed by atoms with Crippen molar-refractivity contribution in [2.75, 3.05) is 13.1 Å². The molecule has 1 aromatic heterocycles. The Morgan fingerprint density at radius 1 is 1.32 bits per heavy atom. The molecule has 0 spiro atoms. The highest BCUT2D eigenvalue weighted by Crippen LogP contribution is 2.29. The molecule has 0 aromatic carbocycles. The van der Waals surface area contributed by atoms with E-state index in [1.807, 2.05) is 11.3 Å². The summed E-state index contributed by atoms with van der Waals surface area (Å²) in [6.45, 7) is 16.6. The molecule has 0 saturated carbocycles. The second kappa shape index (κ2) is 5.15. The van der Waals surface area contributed by atoms with Gasteiger partial charge in [-0.05, 0) is 41.0 Å². The Morgan fingerprint density at radius 3 is 2.53 bits per heavy atom. The predicted molar refractivity (Wildman–Crippen MR) is 82.8 cm³/mol. The standard InChI is InChI=1S/C15H27N3S/c1-7-15(6)9-16-14(4,5)10-18(15)8-13-17-11(2)12(3)19-13/h16H,7-10H2,1-6H3. The number of thiazole rings is 1. The van der Waals surface area contributed by atoms with Crippen LogP contribution in [0.15, 0.2) is 0 Å². The van der Waals surface area contributed by atoms with Crippen LogP contribution in [-0.4, -0.2) is 34.1 Å². The van der Waals surface area contributed by atoms with Crippen molar-refractivity contribution in [2.24, 2.45) is 0 Å². The SMILES string of the molecule is CCC1(C)CNC(C)(C)CN1Cc1nc(C)c(C)s1. The van der Waals surface area contributed by atoms with Crippen molar-refractivity contribution in [2.45, 2.75) is 65.6 Å². The molecule has 0 amide bonds. The summed E-state index contributed by atoms with van der Waals surface area (Å²) in [5.74, 6) is 0. The smallest absolute Gasteiger partial charge is 0.107 e. The summed E-state index contributed by atoms with van der Waals surface area (Å²) in [6, 6.07) is 0. The first-order valence-corrected chi connectivity index (χ1v) is 8.00. The van der Waals surface area contributed by atoms with Crippen molar-refractivity contribution in [3.63, 3.8) is 0 Å². The summed E-state index contributed by atoms with van der Waals surface area (Å²) in [4.78, 5) is 8.67. The molecular formula is C15H27N3S. The zero-order valence-corrected chi connectivity index (χ0v) is 13.9. The number of nitrogens with one attached hydrogen (secondary N) is 1. The van der Waals surface area contributed by atoms with Crippen molar-refractivity contribution in [1.29, 1.82) is 0 Å². The average molecular weight is 281 g/mol. The molecule has 0 radical (unpaired) electrons. The lowest BCUT2D eigenvalue weighted by Gasteiger charge is -2.50. The third-order valence-corrected chi connectivity index (χ3v) is 5.52. The molecule has 1 aromatic rings. The Morgan fingerprint density at radius 2 is 2.00 bits per heavy atom. The molecule has 1 fully saturated rings. The number of aryl methyl sites for hydroxylation is 2. The topological polar surface area (TPSA) is 28.2 Å². The molecule has 108 valence electrons. The van der Waals surface area contributed by atoms with E-state index in [2.05, 4.69) is 51.8 Å². The Bertz CT molecular complexity index is 433. The van der Waals surface area contributed by atoms with Gasteiger partial charge >= 0.3 is 0 Å². The Hall–Kier alpha value is -0.450. The Labute approximate surface area is 121 Å². The van der Waals surface area contributed by atoms with Crippen LogP contribution < -0.4 is 5.32 Å². The summed E-state index contributed by atoms with van der Waals surface area (Å²) in [6.07, 6.45) is 1.17. The van der Waals surface area contributed by atoms with E-state index >= 15 is 0 Å². The molecule has 4 heteroatoms. The molecule has 2 heterocycles. The molecule has 1 aliphatic heterocycles. The minimum absolute atomic E-state index is 0.191. The molecule has 1 aliphatic rings. The summed E-state index contributed by atoms with van der Waals surface area (Å²) >= 11 is 1.85. The van der Waals surface area contributed by atoms with Crippen molar-refractivity contribution < 1.29 is 0 Å². The van der Waals surface area contributed by atoms with Crippen LogP contribution in [0.25, 0.3) is 0 Å². The molecular weight excluding hydrogens is 254 g/mol. The lowest BCUT2D eigenvalue weighted by Crippen LogP contribution is -2.66. The van der Waals surface area contributed by atoms with Gasteiger partial charge in [-0.2, -0.15) is 0 Å². The minimum atomic E-state index is 0.191. The maximum Gasteiger partial charge on any atom is 0.107 e. The fourth-order valence-corrected chi connectivity index (χ4v) is 3.58. The molecule has 1 N–H and O–H groups in total. The number of aromatic nitrogens is 1. The van der Waals surface area contributed by atoms with Gasteiger partial charge in [0.25, 0.3) is 0 Å². The van der Waals surface area contributed by atoms with E-state index in [1.54, 1.807) is 0 Å². The van der Waals surface area contributed by atoms with Crippen LogP contribution in [0.4, 0.5) is 0 Å². The molecule has 2 rings (SSSR count). The van der Waals surface area contributed by atoms with Gasteiger partial charge in [0.1, 0.15) is 5.01 Å². The molecule has 1 saturated heterocycles. The number of hydrogen-bond donors (Lipinski definition) is 1. The number of hydrogen-bond acceptors (Lipinski definition) is 4. The van der Waals surface area contributed by atoms with E-state index in [1.165, 1.54) is 22.0 Å². The third-order valence-electron chi connectivity index (χ3n) is 4.46. The van der Waals surface area contributed by atoms with Crippen molar-refractivity contribution in [3.05, 3.63) is 15.6 Å². The molecule has 1 unspecified atom stereocenters. The van der Waals surface area contributed by atoms with Crippen LogP contribution >= 0.6 is 11.3 Å². The fourth-order valence-electron chi connectivity index (χ4n) is 2.63. The minimum Gasteiger partial charge on any atom is -0.309 e. The van der Waals surface area contributed by atoms with Gasteiger partial charge in [0.2, 0.25) is 0 Å². The van der Waals surface area contributed by atoms with Gasteiger partial charge in [-0.3, -0.25) is 4.90 Å². The van der Waals surface area contributed by atoms with Gasteiger partial charge in [0, 0.05) is 29.0 Å². The van der Waals surface area contributed by atoms with E-state index in [-0.39, 0.29) is 11.1 Å². The van der Waals surface area contributed by atoms with Gasteiger partial charge in [-0.15, -0.1) is 11.3 Å². The van der Waals surface area contributed by atoms with Crippen LogP contribution in [0, 0.1) is 13.8 Å². The fraction of sp³-hybridized carbons (Fsp3) is 0.800. The summed E-state index contributed by atoms with van der Waals surface area (Å²) in [5.41, 5.74) is 1.62. The molecule has 3 nitrogen and oxygen atoms in total. The Balaban J connectivity index is 2.18. The zero-order chi connectivity index (χ0) is 14.3. The third kappa shape index (κ3) is 3.18. The first kappa shape index (κ1) is 14.9. The van der Waals surface area contributed by atoms with Crippen LogP contribution in [0.3, 0.4) is 0 Å². The second-order valence-corrected chi connectivity index (χ2v) is 7.98. The van der Waals surface area contributed by atoms with Gasteiger partial charge in [0.15, 0.2) is 0 Å². The number of nitrogens with zero attached hydrogens (tertiary/aromatic N) is 2. The first-order chi connectivity index (χ1) is 8.76. The maximum atomic E-state index is 4.71. The van der Waals surface area contributed by atoms with Crippen molar-refractivity contribution in [3.8, 4) is 0 Å². The monoisotopic (exact) mass is 281 g/mol. The zero-order valence-electron chi connectivity index (χ0n) is 13.1. The van der Waals surface area contributed by atoms with Crippen LogP contribution in [-0.2, 0) is 6.54 Å². The number of piperazine rings is 1. The van der Waals surface area contributed by atoms with E-state index < -0.39 is 0 Å². The van der Waals surface area contributed by atoms with Crippen molar-refractivity contribution >= 4 is 11.3 Å². The van der Waals surface area contributed by atoms with E-state index in [9.17, 15) is 0 Å². The Kier molecular flexibility index (Phi) is 4.05. The summed E-state index contributed by atoms with van der Waals surface area (Å²) < 4.78 is 0. The van der Waals surface area contributed by atoms with Gasteiger partial charge in [-0.1, -0.05) is 6.92 Å². The summed E-state index contributed by atoms with van der Waals surface area (Å²) in [7, 11) is 0. The molecule has 0 bridgehead atoms. The molecule has 0 aliphatic carbocycles. The normalized spacial score (nSPS) is 27.7. The van der Waals surface area contributed by atoms with E-state index in [4.69, 9.17) is 4.98 Å². The van der Waals surface area contributed by atoms with Gasteiger partial charge in [-0.25, -0.2) is 4.98 Å². The highest BCUT2D eigenvalue weighted by atomic mass is 32.1. The highest BCUT2D eigenvalue weighted by Gasteiger charge is 2.39. The van der Waals surface area contributed by atoms with E-state index in [0.717, 1.165) is 19.6 Å². The van der Waals surface area contributed by atoms with Crippen LogP contribution in [0.2, 0.25) is 0 Å². The highest BCUT2D eigenvalue weighted by molar-refractivity contribution is 7.11. The quantitative estimate of drug-likeness (QED) is 0.922. The predicted octanol–water partition coefficient (Wildman–Crippen LogP) is 3.11. The average Bonchev–Trinajstić information content (AvgIpc) is 2.63. The first-order valence-electron chi connectivity index (χ1n) is 7.19. The van der Waals surface area contributed by atoms with E-state index in [0.29, 0.717) is 0 Å².